The van der Waals surface area contributed by atoms with E-state index in [1.54, 1.807) is 4.68 Å². The lowest BCUT2D eigenvalue weighted by molar-refractivity contribution is 0.319. The van der Waals surface area contributed by atoms with Gasteiger partial charge in [-0.3, -0.25) is 4.68 Å². The van der Waals surface area contributed by atoms with Gasteiger partial charge in [0.05, 0.1) is 10.7 Å². The predicted octanol–water partition coefficient (Wildman–Crippen LogP) is 4.97. The Labute approximate surface area is 157 Å². The lowest BCUT2D eigenvalue weighted by Gasteiger charge is -2.12. The zero-order valence-electron chi connectivity index (χ0n) is 15.2. The molecule has 0 aliphatic heterocycles. The first-order valence-corrected chi connectivity index (χ1v) is 8.65. The van der Waals surface area contributed by atoms with E-state index in [2.05, 4.69) is 15.6 Å². The van der Waals surface area contributed by atoms with Crippen LogP contribution in [-0.4, -0.2) is 20.7 Å². The molecule has 0 saturated heterocycles. The van der Waals surface area contributed by atoms with Crippen molar-refractivity contribution in [3.05, 3.63) is 75.6 Å². The van der Waals surface area contributed by atoms with Gasteiger partial charge in [0.2, 0.25) is 0 Å². The van der Waals surface area contributed by atoms with Gasteiger partial charge in [-0.05, 0) is 50.6 Å². The summed E-state index contributed by atoms with van der Waals surface area (Å²) in [6.07, 6.45) is 0. The molecule has 6 heteroatoms. The third-order valence-corrected chi connectivity index (χ3v) is 4.81. The van der Waals surface area contributed by atoms with Crippen molar-refractivity contribution in [2.24, 2.45) is 12.2 Å². The number of benzene rings is 2. The molecule has 5 nitrogen and oxygen atoms in total. The highest BCUT2D eigenvalue weighted by Crippen LogP contribution is 2.28. The molecule has 1 aromatic heterocycles. The van der Waals surface area contributed by atoms with Gasteiger partial charge in [0.1, 0.15) is 5.71 Å². The predicted molar refractivity (Wildman–Crippen MR) is 106 cm³/mol. The van der Waals surface area contributed by atoms with Crippen LogP contribution in [0.15, 0.2) is 47.6 Å². The van der Waals surface area contributed by atoms with Crippen molar-refractivity contribution in [2.75, 3.05) is 5.32 Å². The summed E-state index contributed by atoms with van der Waals surface area (Å²) in [7, 11) is 1.86. The van der Waals surface area contributed by atoms with Gasteiger partial charge in [0.15, 0.2) is 0 Å². The summed E-state index contributed by atoms with van der Waals surface area (Å²) >= 11 is 6.51. The molecule has 0 aliphatic carbocycles. The number of anilines is 2. The number of halogens is 1. The number of aryl methyl sites for hydroxylation is 3. The number of oxime groups is 1. The Morgan fingerprint density at radius 2 is 1.88 bits per heavy atom. The van der Waals surface area contributed by atoms with Crippen LogP contribution in [-0.2, 0) is 7.05 Å². The zero-order valence-corrected chi connectivity index (χ0v) is 16.0. The largest absolute Gasteiger partial charge is 0.410 e. The van der Waals surface area contributed by atoms with E-state index in [-0.39, 0.29) is 0 Å². The summed E-state index contributed by atoms with van der Waals surface area (Å²) in [5, 5.41) is 21.4. The highest BCUT2D eigenvalue weighted by Gasteiger charge is 2.20. The van der Waals surface area contributed by atoms with Crippen molar-refractivity contribution in [1.82, 2.24) is 9.78 Å². The molecule has 0 amide bonds. The molecule has 0 radical (unpaired) electrons. The summed E-state index contributed by atoms with van der Waals surface area (Å²) in [5.74, 6) is 0. The topological polar surface area (TPSA) is 62.4 Å². The number of rotatable bonds is 4. The van der Waals surface area contributed by atoms with Gasteiger partial charge >= 0.3 is 0 Å². The normalized spacial score (nSPS) is 11.7. The molecule has 26 heavy (non-hydrogen) atoms. The zero-order chi connectivity index (χ0) is 18.8. The van der Waals surface area contributed by atoms with Gasteiger partial charge in [0, 0.05) is 35.2 Å². The van der Waals surface area contributed by atoms with Crippen LogP contribution >= 0.6 is 11.6 Å². The first-order chi connectivity index (χ1) is 12.4. The number of hydrogen-bond acceptors (Lipinski definition) is 4. The fourth-order valence-corrected chi connectivity index (χ4v) is 3.28. The summed E-state index contributed by atoms with van der Waals surface area (Å²) < 4.78 is 1.76. The Kier molecular flexibility index (Phi) is 5.00. The molecule has 0 spiro atoms. The van der Waals surface area contributed by atoms with Gasteiger partial charge in [-0.15, -0.1) is 0 Å². The molecule has 0 bridgehead atoms. The van der Waals surface area contributed by atoms with Crippen molar-refractivity contribution >= 4 is 28.7 Å². The number of aromatic nitrogens is 2. The fraction of sp³-hybridized carbons (Fsp3) is 0.200. The molecule has 0 fully saturated rings. The monoisotopic (exact) mass is 368 g/mol. The molecule has 134 valence electrons. The third kappa shape index (κ3) is 3.30. The molecule has 0 saturated carbocycles. The van der Waals surface area contributed by atoms with E-state index in [1.165, 1.54) is 0 Å². The van der Waals surface area contributed by atoms with Gasteiger partial charge in [-0.2, -0.15) is 5.10 Å². The summed E-state index contributed by atoms with van der Waals surface area (Å²) in [6, 6.07) is 13.6. The van der Waals surface area contributed by atoms with E-state index in [0.717, 1.165) is 33.9 Å². The lowest BCUT2D eigenvalue weighted by atomic mass is 10.0. The highest BCUT2D eigenvalue weighted by molar-refractivity contribution is 6.36. The Morgan fingerprint density at radius 1 is 1.15 bits per heavy atom. The van der Waals surface area contributed by atoms with E-state index in [9.17, 15) is 5.21 Å². The van der Waals surface area contributed by atoms with E-state index in [1.807, 2.05) is 70.3 Å². The van der Waals surface area contributed by atoms with E-state index < -0.39 is 0 Å². The van der Waals surface area contributed by atoms with E-state index in [4.69, 9.17) is 11.6 Å². The van der Waals surface area contributed by atoms with Crippen molar-refractivity contribution in [1.29, 1.82) is 0 Å². The lowest BCUT2D eigenvalue weighted by Crippen LogP contribution is -2.08. The molecule has 3 aromatic rings. The number of hydrogen-bond donors (Lipinski definition) is 2. The molecule has 0 unspecified atom stereocenters. The fourth-order valence-electron chi connectivity index (χ4n) is 3.01. The molecule has 3 rings (SSSR count). The first-order valence-electron chi connectivity index (χ1n) is 8.27. The van der Waals surface area contributed by atoms with Gasteiger partial charge in [-0.25, -0.2) is 0 Å². The molecule has 1 heterocycles. The molecule has 0 atom stereocenters. The third-order valence-electron chi connectivity index (χ3n) is 4.49. The SMILES string of the molecule is Cc1ccccc1Nc1ccc(C(=NO)c2c(C)nn(C)c2C)c(Cl)c1. The minimum Gasteiger partial charge on any atom is -0.410 e. The Hall–Kier alpha value is -2.79. The van der Waals surface area contributed by atoms with E-state index >= 15 is 0 Å². The second-order valence-electron chi connectivity index (χ2n) is 6.25. The molecule has 0 aliphatic rings. The molecule has 2 aromatic carbocycles. The van der Waals surface area contributed by atoms with Crippen LogP contribution < -0.4 is 5.32 Å². The minimum absolute atomic E-state index is 0.417. The van der Waals surface area contributed by atoms with E-state index in [0.29, 0.717) is 16.3 Å². The Bertz CT molecular complexity index is 991. The second-order valence-corrected chi connectivity index (χ2v) is 6.66. The van der Waals surface area contributed by atoms with Gasteiger partial charge in [-0.1, -0.05) is 35.0 Å². The highest BCUT2D eigenvalue weighted by atomic mass is 35.5. The first kappa shape index (κ1) is 18.0. The Morgan fingerprint density at radius 3 is 2.46 bits per heavy atom. The maximum absolute atomic E-state index is 9.63. The van der Waals surface area contributed by atoms with Crippen LogP contribution in [0.4, 0.5) is 11.4 Å². The second kappa shape index (κ2) is 7.22. The van der Waals surface area contributed by atoms with Crippen LogP contribution in [0.1, 0.15) is 28.1 Å². The van der Waals surface area contributed by atoms with Crippen LogP contribution in [0.25, 0.3) is 0 Å². The average molecular weight is 369 g/mol. The number of nitrogens with zero attached hydrogens (tertiary/aromatic N) is 3. The quantitative estimate of drug-likeness (QED) is 0.388. The maximum Gasteiger partial charge on any atom is 0.122 e. The van der Waals surface area contributed by atoms with Crippen molar-refractivity contribution in [3.63, 3.8) is 0 Å². The number of nitrogens with one attached hydrogen (secondary N) is 1. The minimum atomic E-state index is 0.417. The summed E-state index contributed by atoms with van der Waals surface area (Å²) in [6.45, 7) is 5.86. The molecular weight excluding hydrogens is 348 g/mol. The summed E-state index contributed by atoms with van der Waals surface area (Å²) in [5.41, 5.74) is 6.59. The maximum atomic E-state index is 9.63. The molecular formula is C20H21ClN4O. The van der Waals surface area contributed by atoms with Crippen LogP contribution in [0.2, 0.25) is 5.02 Å². The van der Waals surface area contributed by atoms with Crippen molar-refractivity contribution in [2.45, 2.75) is 20.8 Å². The van der Waals surface area contributed by atoms with Crippen LogP contribution in [0.5, 0.6) is 0 Å². The van der Waals surface area contributed by atoms with Crippen molar-refractivity contribution in [3.8, 4) is 0 Å². The smallest absolute Gasteiger partial charge is 0.122 e. The van der Waals surface area contributed by atoms with Crippen LogP contribution in [0.3, 0.4) is 0 Å². The van der Waals surface area contributed by atoms with Gasteiger partial charge in [0.25, 0.3) is 0 Å². The molecule has 2 N–H and O–H groups in total. The average Bonchev–Trinajstić information content (AvgIpc) is 2.85. The number of para-hydroxylation sites is 1. The summed E-state index contributed by atoms with van der Waals surface area (Å²) in [4.78, 5) is 0. The standard InChI is InChI=1S/C20H21ClN4O/c1-12-7-5-6-8-18(12)22-15-9-10-16(17(21)11-15)20(24-26)19-13(2)23-25(4)14(19)3/h5-11,22,26H,1-4H3. The van der Waals surface area contributed by atoms with Gasteiger partial charge < -0.3 is 10.5 Å². The van der Waals surface area contributed by atoms with Crippen molar-refractivity contribution < 1.29 is 5.21 Å². The Balaban J connectivity index is 1.98. The van der Waals surface area contributed by atoms with Crippen LogP contribution in [0, 0.1) is 20.8 Å².